The zero-order valence-corrected chi connectivity index (χ0v) is 10.3. The number of rotatable bonds is 4. The van der Waals surface area contributed by atoms with Gasteiger partial charge in [-0.05, 0) is 26.0 Å². The molecule has 2 rings (SSSR count). The van der Waals surface area contributed by atoms with Gasteiger partial charge in [0.05, 0.1) is 16.9 Å². The topological polar surface area (TPSA) is 37.8 Å². The highest BCUT2D eigenvalue weighted by atomic mass is 32.1. The normalized spacial score (nSPS) is 12.6. The second-order valence-electron chi connectivity index (χ2n) is 3.79. The smallest absolute Gasteiger partial charge is 0.0795 e. The molecule has 2 heterocycles. The number of thiazole rings is 1. The predicted molar refractivity (Wildman–Crippen MR) is 66.3 cm³/mol. The maximum Gasteiger partial charge on any atom is 0.0795 e. The number of nitrogens with one attached hydrogen (secondary N) is 1. The number of aryl methyl sites for hydroxylation is 1. The molecule has 0 bridgehead atoms. The maximum atomic E-state index is 4.45. The fourth-order valence-corrected chi connectivity index (χ4v) is 2.14. The van der Waals surface area contributed by atoms with E-state index in [2.05, 4.69) is 27.6 Å². The Bertz CT molecular complexity index is 439. The van der Waals surface area contributed by atoms with E-state index in [1.165, 1.54) is 0 Å². The van der Waals surface area contributed by atoms with Gasteiger partial charge in [0, 0.05) is 23.7 Å². The molecule has 0 radical (unpaired) electrons. The molecule has 1 atom stereocenters. The van der Waals surface area contributed by atoms with Gasteiger partial charge < -0.3 is 5.32 Å². The van der Waals surface area contributed by atoms with Gasteiger partial charge in [-0.25, -0.2) is 4.98 Å². The third kappa shape index (κ3) is 2.87. The lowest BCUT2D eigenvalue weighted by Crippen LogP contribution is -2.19. The fourth-order valence-electron chi connectivity index (χ4n) is 1.50. The quantitative estimate of drug-likeness (QED) is 0.882. The van der Waals surface area contributed by atoms with Gasteiger partial charge in [-0.1, -0.05) is 6.07 Å². The third-order valence-electron chi connectivity index (χ3n) is 2.43. The number of hydrogen-bond donors (Lipinski definition) is 1. The standard InChI is InChI=1S/C12H15N3S/c1-9-4-3-5-11(15-9)6-13-10(2)12-7-16-8-14-12/h3-5,7-8,10,13H,6H2,1-2H3. The Labute approximate surface area is 99.6 Å². The van der Waals surface area contributed by atoms with Crippen LogP contribution in [0.4, 0.5) is 0 Å². The van der Waals surface area contributed by atoms with Gasteiger partial charge in [-0.2, -0.15) is 0 Å². The summed E-state index contributed by atoms with van der Waals surface area (Å²) in [4.78, 5) is 8.73. The maximum absolute atomic E-state index is 4.45. The second kappa shape index (κ2) is 5.18. The molecule has 0 saturated heterocycles. The van der Waals surface area contributed by atoms with E-state index in [0.29, 0.717) is 0 Å². The van der Waals surface area contributed by atoms with Crippen LogP contribution in [-0.4, -0.2) is 9.97 Å². The van der Waals surface area contributed by atoms with Gasteiger partial charge in [0.15, 0.2) is 0 Å². The van der Waals surface area contributed by atoms with Gasteiger partial charge in [0.1, 0.15) is 0 Å². The summed E-state index contributed by atoms with van der Waals surface area (Å²) in [5.41, 5.74) is 5.08. The van der Waals surface area contributed by atoms with Crippen molar-refractivity contribution in [1.82, 2.24) is 15.3 Å². The van der Waals surface area contributed by atoms with Gasteiger partial charge in [-0.3, -0.25) is 4.98 Å². The lowest BCUT2D eigenvalue weighted by Gasteiger charge is -2.11. The molecule has 0 saturated carbocycles. The summed E-state index contributed by atoms with van der Waals surface area (Å²) in [6.45, 7) is 4.90. The Kier molecular flexibility index (Phi) is 3.64. The molecule has 2 aromatic rings. The average molecular weight is 233 g/mol. The molecule has 0 amide bonds. The van der Waals surface area contributed by atoms with Crippen molar-refractivity contribution in [3.63, 3.8) is 0 Å². The van der Waals surface area contributed by atoms with E-state index < -0.39 is 0 Å². The largest absolute Gasteiger partial charge is 0.303 e. The molecular weight excluding hydrogens is 218 g/mol. The first-order valence-electron chi connectivity index (χ1n) is 5.29. The van der Waals surface area contributed by atoms with Gasteiger partial charge in [0.2, 0.25) is 0 Å². The van der Waals surface area contributed by atoms with Crippen LogP contribution < -0.4 is 5.32 Å². The van der Waals surface area contributed by atoms with Crippen molar-refractivity contribution in [1.29, 1.82) is 0 Å². The molecule has 0 aliphatic heterocycles. The monoisotopic (exact) mass is 233 g/mol. The number of hydrogen-bond acceptors (Lipinski definition) is 4. The minimum Gasteiger partial charge on any atom is -0.303 e. The third-order valence-corrected chi connectivity index (χ3v) is 3.04. The molecule has 0 aliphatic carbocycles. The second-order valence-corrected chi connectivity index (χ2v) is 4.50. The van der Waals surface area contributed by atoms with Gasteiger partial charge >= 0.3 is 0 Å². The van der Waals surface area contributed by atoms with Crippen molar-refractivity contribution in [2.24, 2.45) is 0 Å². The van der Waals surface area contributed by atoms with Crippen molar-refractivity contribution in [2.45, 2.75) is 26.4 Å². The molecule has 3 nitrogen and oxygen atoms in total. The highest BCUT2D eigenvalue weighted by molar-refractivity contribution is 7.07. The first kappa shape index (κ1) is 11.2. The molecule has 0 spiro atoms. The van der Waals surface area contributed by atoms with Crippen molar-refractivity contribution in [3.05, 3.63) is 46.2 Å². The summed E-state index contributed by atoms with van der Waals surface area (Å²) in [6, 6.07) is 6.35. The van der Waals surface area contributed by atoms with Crippen molar-refractivity contribution in [2.75, 3.05) is 0 Å². The summed E-state index contributed by atoms with van der Waals surface area (Å²) in [6.07, 6.45) is 0. The van der Waals surface area contributed by atoms with Gasteiger partial charge in [0.25, 0.3) is 0 Å². The van der Waals surface area contributed by atoms with E-state index in [9.17, 15) is 0 Å². The Hall–Kier alpha value is -1.26. The van der Waals surface area contributed by atoms with Crippen LogP contribution in [0.5, 0.6) is 0 Å². The summed E-state index contributed by atoms with van der Waals surface area (Å²) < 4.78 is 0. The minimum atomic E-state index is 0.272. The van der Waals surface area contributed by atoms with Crippen LogP contribution in [0.1, 0.15) is 30.0 Å². The molecule has 84 valence electrons. The van der Waals surface area contributed by atoms with E-state index in [-0.39, 0.29) is 6.04 Å². The zero-order chi connectivity index (χ0) is 11.4. The van der Waals surface area contributed by atoms with Crippen molar-refractivity contribution in [3.8, 4) is 0 Å². The minimum absolute atomic E-state index is 0.272. The molecular formula is C12H15N3S. The van der Waals surface area contributed by atoms with E-state index in [4.69, 9.17) is 0 Å². The Morgan fingerprint density at radius 1 is 1.44 bits per heavy atom. The molecule has 4 heteroatoms. The van der Waals surface area contributed by atoms with E-state index in [1.54, 1.807) is 11.3 Å². The first-order valence-corrected chi connectivity index (χ1v) is 6.24. The lowest BCUT2D eigenvalue weighted by atomic mass is 10.2. The molecule has 2 aromatic heterocycles. The number of nitrogens with zero attached hydrogens (tertiary/aromatic N) is 2. The molecule has 16 heavy (non-hydrogen) atoms. The Morgan fingerprint density at radius 2 is 2.31 bits per heavy atom. The van der Waals surface area contributed by atoms with Gasteiger partial charge in [-0.15, -0.1) is 11.3 Å². The molecule has 0 aliphatic rings. The van der Waals surface area contributed by atoms with E-state index in [0.717, 1.165) is 23.6 Å². The van der Waals surface area contributed by atoms with Crippen LogP contribution in [0, 0.1) is 6.92 Å². The van der Waals surface area contributed by atoms with Crippen LogP contribution in [0.15, 0.2) is 29.1 Å². The highest BCUT2D eigenvalue weighted by Crippen LogP contribution is 2.12. The predicted octanol–water partition coefficient (Wildman–Crippen LogP) is 2.70. The van der Waals surface area contributed by atoms with E-state index in [1.807, 2.05) is 30.6 Å². The van der Waals surface area contributed by atoms with Crippen LogP contribution >= 0.6 is 11.3 Å². The molecule has 1 N–H and O–H groups in total. The summed E-state index contributed by atoms with van der Waals surface area (Å²) in [5, 5.41) is 5.48. The lowest BCUT2D eigenvalue weighted by molar-refractivity contribution is 0.557. The van der Waals surface area contributed by atoms with E-state index >= 15 is 0 Å². The molecule has 0 aromatic carbocycles. The zero-order valence-electron chi connectivity index (χ0n) is 9.47. The van der Waals surface area contributed by atoms with Crippen LogP contribution in [0.2, 0.25) is 0 Å². The number of aromatic nitrogens is 2. The van der Waals surface area contributed by atoms with Crippen LogP contribution in [-0.2, 0) is 6.54 Å². The molecule has 0 fully saturated rings. The SMILES string of the molecule is Cc1cccc(CNC(C)c2cscn2)n1. The van der Waals surface area contributed by atoms with Crippen molar-refractivity contribution >= 4 is 11.3 Å². The Morgan fingerprint density at radius 3 is 3.00 bits per heavy atom. The first-order chi connectivity index (χ1) is 7.75. The molecule has 1 unspecified atom stereocenters. The summed E-state index contributed by atoms with van der Waals surface area (Å²) in [7, 11) is 0. The summed E-state index contributed by atoms with van der Waals surface area (Å²) in [5.74, 6) is 0. The van der Waals surface area contributed by atoms with Crippen LogP contribution in [0.3, 0.4) is 0 Å². The average Bonchev–Trinajstić information content (AvgIpc) is 2.79. The highest BCUT2D eigenvalue weighted by Gasteiger charge is 2.06. The summed E-state index contributed by atoms with van der Waals surface area (Å²) >= 11 is 1.63. The number of pyridine rings is 1. The Balaban J connectivity index is 1.92. The fraction of sp³-hybridized carbons (Fsp3) is 0.333. The van der Waals surface area contributed by atoms with Crippen LogP contribution in [0.25, 0.3) is 0 Å². The van der Waals surface area contributed by atoms with Crippen molar-refractivity contribution < 1.29 is 0 Å².